The van der Waals surface area contributed by atoms with Gasteiger partial charge < -0.3 is 15.7 Å². The van der Waals surface area contributed by atoms with Crippen molar-refractivity contribution < 1.29 is 5.11 Å². The largest absolute Gasteiger partial charge is 0.393 e. The number of piperidine rings is 1. The van der Waals surface area contributed by atoms with Crippen molar-refractivity contribution in [1.29, 1.82) is 0 Å². The van der Waals surface area contributed by atoms with Gasteiger partial charge in [-0.2, -0.15) is 0 Å². The second-order valence-electron chi connectivity index (χ2n) is 6.82. The van der Waals surface area contributed by atoms with E-state index >= 15 is 0 Å². The highest BCUT2D eigenvalue weighted by Gasteiger charge is 2.16. The molecule has 0 spiro atoms. The monoisotopic (exact) mass is 332 g/mol. The molecule has 1 aromatic carbocycles. The summed E-state index contributed by atoms with van der Waals surface area (Å²) in [5.41, 5.74) is 2.54. The fourth-order valence-corrected chi connectivity index (χ4v) is 2.85. The molecule has 2 rings (SSSR count). The van der Waals surface area contributed by atoms with Gasteiger partial charge in [0.25, 0.3) is 0 Å². The molecule has 0 aromatic heterocycles. The summed E-state index contributed by atoms with van der Waals surface area (Å²) in [6.07, 6.45) is 1.68. The lowest BCUT2D eigenvalue weighted by Gasteiger charge is -2.29. The molecule has 1 heterocycles. The maximum atomic E-state index is 9.58. The lowest BCUT2D eigenvalue weighted by molar-refractivity contribution is 0.0792. The van der Waals surface area contributed by atoms with E-state index in [1.807, 2.05) is 0 Å². The van der Waals surface area contributed by atoms with Crippen LogP contribution in [0, 0.1) is 0 Å². The first-order valence-electron chi connectivity index (χ1n) is 9.10. The minimum Gasteiger partial charge on any atom is -0.393 e. The Labute approximate surface area is 146 Å². The van der Waals surface area contributed by atoms with Crippen LogP contribution in [0.25, 0.3) is 0 Å². The third-order valence-electron chi connectivity index (χ3n) is 4.18. The summed E-state index contributed by atoms with van der Waals surface area (Å²) in [4.78, 5) is 7.05. The standard InChI is InChI=1S/C19H32N4O/c1-4-20-19(22-15(2)3)21-13-16-5-7-17(8-6-16)14-23-11-9-18(24)10-12-23/h5-8,15,18,24H,4,9-14H2,1-3H3,(H2,20,21,22). The van der Waals surface area contributed by atoms with Gasteiger partial charge in [-0.25, -0.2) is 4.99 Å². The van der Waals surface area contributed by atoms with Crippen molar-refractivity contribution in [2.24, 2.45) is 4.99 Å². The molecule has 1 fully saturated rings. The zero-order chi connectivity index (χ0) is 17.4. The molecule has 0 unspecified atom stereocenters. The number of nitrogens with zero attached hydrogens (tertiary/aromatic N) is 2. The van der Waals surface area contributed by atoms with E-state index in [1.54, 1.807) is 0 Å². The average Bonchev–Trinajstić information content (AvgIpc) is 2.56. The maximum Gasteiger partial charge on any atom is 0.191 e. The highest BCUT2D eigenvalue weighted by Crippen LogP contribution is 2.14. The van der Waals surface area contributed by atoms with Gasteiger partial charge in [-0.05, 0) is 44.7 Å². The second-order valence-corrected chi connectivity index (χ2v) is 6.82. The van der Waals surface area contributed by atoms with Crippen LogP contribution in [0.15, 0.2) is 29.3 Å². The van der Waals surface area contributed by atoms with E-state index in [-0.39, 0.29) is 6.10 Å². The van der Waals surface area contributed by atoms with Gasteiger partial charge in [0, 0.05) is 32.2 Å². The first-order chi connectivity index (χ1) is 11.6. The van der Waals surface area contributed by atoms with E-state index in [9.17, 15) is 5.11 Å². The molecule has 0 aliphatic carbocycles. The van der Waals surface area contributed by atoms with Crippen LogP contribution in [0.4, 0.5) is 0 Å². The summed E-state index contributed by atoms with van der Waals surface area (Å²) < 4.78 is 0. The van der Waals surface area contributed by atoms with Crippen molar-refractivity contribution in [3.05, 3.63) is 35.4 Å². The number of aliphatic imine (C=N–C) groups is 1. The molecule has 3 N–H and O–H groups in total. The van der Waals surface area contributed by atoms with Crippen molar-refractivity contribution in [1.82, 2.24) is 15.5 Å². The van der Waals surface area contributed by atoms with Crippen LogP contribution in [0.3, 0.4) is 0 Å². The third-order valence-corrected chi connectivity index (χ3v) is 4.18. The molecule has 134 valence electrons. The molecule has 1 aromatic rings. The Morgan fingerprint density at radius 1 is 1.21 bits per heavy atom. The van der Waals surface area contributed by atoms with Crippen LogP contribution in [-0.4, -0.2) is 47.7 Å². The Kier molecular flexibility index (Phi) is 7.53. The second kappa shape index (κ2) is 9.64. The van der Waals surface area contributed by atoms with Crippen LogP contribution >= 0.6 is 0 Å². The summed E-state index contributed by atoms with van der Waals surface area (Å²) in [6.45, 7) is 10.8. The summed E-state index contributed by atoms with van der Waals surface area (Å²) in [7, 11) is 0. The minimum absolute atomic E-state index is 0.105. The van der Waals surface area contributed by atoms with Crippen LogP contribution in [0.5, 0.6) is 0 Å². The van der Waals surface area contributed by atoms with Gasteiger partial charge in [-0.3, -0.25) is 4.90 Å². The van der Waals surface area contributed by atoms with Crippen LogP contribution in [0.1, 0.15) is 44.7 Å². The lowest BCUT2D eigenvalue weighted by atomic mass is 10.1. The van der Waals surface area contributed by atoms with E-state index in [1.165, 1.54) is 11.1 Å². The van der Waals surface area contributed by atoms with Crippen LogP contribution < -0.4 is 10.6 Å². The highest BCUT2D eigenvalue weighted by atomic mass is 16.3. The van der Waals surface area contributed by atoms with E-state index < -0.39 is 0 Å². The van der Waals surface area contributed by atoms with E-state index in [0.29, 0.717) is 12.6 Å². The first-order valence-corrected chi connectivity index (χ1v) is 9.10. The Morgan fingerprint density at radius 3 is 2.42 bits per heavy atom. The fraction of sp³-hybridized carbons (Fsp3) is 0.632. The summed E-state index contributed by atoms with van der Waals surface area (Å²) >= 11 is 0. The van der Waals surface area contributed by atoms with Gasteiger partial charge in [0.05, 0.1) is 12.6 Å². The maximum absolute atomic E-state index is 9.58. The van der Waals surface area contributed by atoms with Gasteiger partial charge in [0.15, 0.2) is 5.96 Å². The number of aliphatic hydroxyl groups excluding tert-OH is 1. The lowest BCUT2D eigenvalue weighted by Crippen LogP contribution is -2.40. The Balaban J connectivity index is 1.86. The quantitative estimate of drug-likeness (QED) is 0.552. The Hall–Kier alpha value is -1.59. The van der Waals surface area contributed by atoms with Gasteiger partial charge in [0.1, 0.15) is 0 Å². The summed E-state index contributed by atoms with van der Waals surface area (Å²) in [5.74, 6) is 0.864. The zero-order valence-electron chi connectivity index (χ0n) is 15.3. The van der Waals surface area contributed by atoms with Crippen LogP contribution in [0.2, 0.25) is 0 Å². The number of hydrogen-bond donors (Lipinski definition) is 3. The van der Waals surface area contributed by atoms with Crippen molar-refractivity contribution in [3.8, 4) is 0 Å². The topological polar surface area (TPSA) is 59.9 Å². The molecule has 0 radical (unpaired) electrons. The number of hydrogen-bond acceptors (Lipinski definition) is 3. The number of benzene rings is 1. The number of rotatable bonds is 6. The fourth-order valence-electron chi connectivity index (χ4n) is 2.85. The van der Waals surface area contributed by atoms with Crippen molar-refractivity contribution in [2.45, 2.75) is 58.8 Å². The molecule has 0 saturated carbocycles. The van der Waals surface area contributed by atoms with Gasteiger partial charge in [0.2, 0.25) is 0 Å². The molecule has 5 heteroatoms. The molecular formula is C19H32N4O. The number of nitrogens with one attached hydrogen (secondary N) is 2. The van der Waals surface area contributed by atoms with E-state index in [4.69, 9.17) is 0 Å². The SMILES string of the molecule is CCNC(=NCc1ccc(CN2CCC(O)CC2)cc1)NC(C)C. The van der Waals surface area contributed by atoms with Gasteiger partial charge >= 0.3 is 0 Å². The molecule has 5 nitrogen and oxygen atoms in total. The van der Waals surface area contributed by atoms with Crippen LogP contribution in [-0.2, 0) is 13.1 Å². The molecular weight excluding hydrogens is 300 g/mol. The van der Waals surface area contributed by atoms with Crippen molar-refractivity contribution in [2.75, 3.05) is 19.6 Å². The summed E-state index contributed by atoms with van der Waals surface area (Å²) in [6, 6.07) is 9.08. The highest BCUT2D eigenvalue weighted by molar-refractivity contribution is 5.79. The molecule has 1 aliphatic rings. The number of guanidine groups is 1. The van der Waals surface area contributed by atoms with Crippen molar-refractivity contribution in [3.63, 3.8) is 0 Å². The molecule has 1 aliphatic heterocycles. The Morgan fingerprint density at radius 2 is 1.83 bits per heavy atom. The summed E-state index contributed by atoms with van der Waals surface area (Å²) in [5, 5.41) is 16.2. The third kappa shape index (κ3) is 6.49. The van der Waals surface area contributed by atoms with Gasteiger partial charge in [-0.15, -0.1) is 0 Å². The molecule has 0 atom stereocenters. The van der Waals surface area contributed by atoms with E-state index in [0.717, 1.165) is 45.0 Å². The normalized spacial score (nSPS) is 17.3. The van der Waals surface area contributed by atoms with Crippen molar-refractivity contribution >= 4 is 5.96 Å². The predicted molar refractivity (Wildman–Crippen MR) is 100 cm³/mol. The smallest absolute Gasteiger partial charge is 0.191 e. The number of likely N-dealkylation sites (tertiary alicyclic amines) is 1. The molecule has 0 bridgehead atoms. The first kappa shape index (κ1) is 18.7. The molecule has 0 amide bonds. The predicted octanol–water partition coefficient (Wildman–Crippen LogP) is 2.11. The Bertz CT molecular complexity index is 505. The zero-order valence-corrected chi connectivity index (χ0v) is 15.3. The minimum atomic E-state index is -0.105. The van der Waals surface area contributed by atoms with Gasteiger partial charge in [-0.1, -0.05) is 24.3 Å². The number of aliphatic hydroxyl groups is 1. The average molecular weight is 332 g/mol. The van der Waals surface area contributed by atoms with E-state index in [2.05, 4.69) is 65.6 Å². The molecule has 24 heavy (non-hydrogen) atoms. The molecule has 1 saturated heterocycles.